The summed E-state index contributed by atoms with van der Waals surface area (Å²) in [4.78, 5) is 23.2. The van der Waals surface area contributed by atoms with Gasteiger partial charge < -0.3 is 4.74 Å². The van der Waals surface area contributed by atoms with Crippen molar-refractivity contribution in [2.75, 3.05) is 7.11 Å². The maximum absolute atomic E-state index is 11.0. The van der Waals surface area contributed by atoms with E-state index in [2.05, 4.69) is 0 Å². The number of carbonyl (C=O) groups excluding carboxylic acids is 2. The van der Waals surface area contributed by atoms with Crippen LogP contribution < -0.4 is 0 Å². The standard InChI is InChI=1S/C8H13NO3.3CH4/c1-5(6(2)12-3)9-7(10)4-8(9)11;;;/h5-6H,4H2,1-3H3;3*1H4. The number of hydrogen-bond acceptors (Lipinski definition) is 3. The molecule has 0 bridgehead atoms. The average Bonchev–Trinajstić information content (AvgIpc) is 2.02. The van der Waals surface area contributed by atoms with Crippen molar-refractivity contribution < 1.29 is 14.3 Å². The van der Waals surface area contributed by atoms with Gasteiger partial charge in [0.05, 0.1) is 12.1 Å². The maximum Gasteiger partial charge on any atom is 0.238 e. The molecule has 0 spiro atoms. The second-order valence-electron chi connectivity index (χ2n) is 3.02. The highest BCUT2D eigenvalue weighted by molar-refractivity contribution is 6.15. The molecule has 1 fully saturated rings. The smallest absolute Gasteiger partial charge is 0.238 e. The average molecular weight is 219 g/mol. The number of β-lactam (4-membered cyclic amide) rings is 2. The summed E-state index contributed by atoms with van der Waals surface area (Å²) >= 11 is 0. The third-order valence-corrected chi connectivity index (χ3v) is 2.30. The fourth-order valence-corrected chi connectivity index (χ4v) is 1.21. The number of ether oxygens (including phenoxy) is 1. The molecule has 15 heavy (non-hydrogen) atoms. The quantitative estimate of drug-likeness (QED) is 0.539. The zero-order chi connectivity index (χ0) is 9.30. The molecule has 0 radical (unpaired) electrons. The summed E-state index contributed by atoms with van der Waals surface area (Å²) in [6.07, 6.45) is -0.0426. The van der Waals surface area contributed by atoms with E-state index in [1.54, 1.807) is 7.11 Å². The van der Waals surface area contributed by atoms with Crippen molar-refractivity contribution in [1.29, 1.82) is 0 Å². The number of imide groups is 1. The van der Waals surface area contributed by atoms with Gasteiger partial charge in [-0.05, 0) is 13.8 Å². The molecular weight excluding hydrogens is 194 g/mol. The first-order valence-electron chi connectivity index (χ1n) is 3.95. The van der Waals surface area contributed by atoms with Gasteiger partial charge in [-0.25, -0.2) is 0 Å². The van der Waals surface area contributed by atoms with Gasteiger partial charge in [0.1, 0.15) is 6.42 Å². The Morgan fingerprint density at radius 3 is 1.80 bits per heavy atom. The van der Waals surface area contributed by atoms with Gasteiger partial charge in [0.15, 0.2) is 0 Å². The van der Waals surface area contributed by atoms with E-state index in [1.165, 1.54) is 4.90 Å². The van der Waals surface area contributed by atoms with E-state index in [4.69, 9.17) is 4.74 Å². The van der Waals surface area contributed by atoms with Crippen molar-refractivity contribution >= 4 is 11.8 Å². The van der Waals surface area contributed by atoms with Crippen LogP contribution in [0.15, 0.2) is 0 Å². The van der Waals surface area contributed by atoms with Crippen LogP contribution in [0.1, 0.15) is 42.5 Å². The van der Waals surface area contributed by atoms with Gasteiger partial charge in [-0.2, -0.15) is 0 Å². The molecule has 0 aliphatic carbocycles. The monoisotopic (exact) mass is 219 g/mol. The highest BCUT2D eigenvalue weighted by Crippen LogP contribution is 2.18. The molecule has 2 atom stereocenters. The summed E-state index contributed by atoms with van der Waals surface area (Å²) in [5.41, 5.74) is 0. The van der Waals surface area contributed by atoms with Gasteiger partial charge in [-0.15, -0.1) is 0 Å². The van der Waals surface area contributed by atoms with Crippen LogP contribution in [0.4, 0.5) is 0 Å². The van der Waals surface area contributed by atoms with Gasteiger partial charge in [0.25, 0.3) is 0 Å². The molecule has 1 aliphatic rings. The Labute approximate surface area is 93.6 Å². The van der Waals surface area contributed by atoms with E-state index in [1.807, 2.05) is 13.8 Å². The minimum absolute atomic E-state index is 0. The molecular formula is C11H25NO3. The summed E-state index contributed by atoms with van der Waals surface area (Å²) in [7, 11) is 1.57. The van der Waals surface area contributed by atoms with E-state index >= 15 is 0 Å². The van der Waals surface area contributed by atoms with E-state index in [-0.39, 0.29) is 52.7 Å². The summed E-state index contributed by atoms with van der Waals surface area (Å²) in [6, 6.07) is -0.149. The molecule has 92 valence electrons. The Bertz CT molecular complexity index is 202. The number of likely N-dealkylation sites (tertiary alicyclic amines) is 1. The molecule has 1 rings (SSSR count). The van der Waals surface area contributed by atoms with Crippen molar-refractivity contribution in [3.05, 3.63) is 0 Å². The van der Waals surface area contributed by atoms with Crippen molar-refractivity contribution in [3.63, 3.8) is 0 Å². The van der Waals surface area contributed by atoms with E-state index in [0.717, 1.165) is 0 Å². The molecule has 0 aromatic heterocycles. The predicted molar refractivity (Wildman–Crippen MR) is 62.6 cm³/mol. The fraction of sp³-hybridized carbons (Fsp3) is 0.818. The van der Waals surface area contributed by atoms with Crippen LogP contribution in [-0.2, 0) is 14.3 Å². The van der Waals surface area contributed by atoms with Crippen LogP contribution in [0.5, 0.6) is 0 Å². The zero-order valence-corrected chi connectivity index (χ0v) is 7.53. The number of hydrogen-bond donors (Lipinski definition) is 0. The van der Waals surface area contributed by atoms with Crippen LogP contribution in [0.25, 0.3) is 0 Å². The summed E-state index contributed by atoms with van der Waals surface area (Å²) in [5.74, 6) is -0.201. The van der Waals surface area contributed by atoms with Crippen molar-refractivity contribution in [2.45, 2.75) is 54.7 Å². The first-order valence-corrected chi connectivity index (χ1v) is 3.95. The number of amides is 2. The first kappa shape index (κ1) is 19.6. The first-order chi connectivity index (χ1) is 5.57. The normalized spacial score (nSPS) is 17.7. The molecule has 0 aromatic carbocycles. The topological polar surface area (TPSA) is 46.6 Å². The van der Waals surface area contributed by atoms with Crippen molar-refractivity contribution in [1.82, 2.24) is 4.90 Å². The molecule has 2 amide bonds. The Morgan fingerprint density at radius 2 is 1.53 bits per heavy atom. The maximum atomic E-state index is 11.0. The summed E-state index contributed by atoms with van der Waals surface area (Å²) in [6.45, 7) is 3.65. The molecule has 0 aromatic rings. The molecule has 1 aliphatic heterocycles. The second-order valence-corrected chi connectivity index (χ2v) is 3.02. The van der Waals surface area contributed by atoms with Crippen LogP contribution in [0, 0.1) is 0 Å². The molecule has 0 saturated carbocycles. The van der Waals surface area contributed by atoms with Gasteiger partial charge >= 0.3 is 0 Å². The third-order valence-electron chi connectivity index (χ3n) is 2.30. The fourth-order valence-electron chi connectivity index (χ4n) is 1.21. The van der Waals surface area contributed by atoms with E-state index in [9.17, 15) is 9.59 Å². The lowest BCUT2D eigenvalue weighted by Crippen LogP contribution is -2.56. The van der Waals surface area contributed by atoms with Gasteiger partial charge in [-0.3, -0.25) is 14.5 Å². The van der Waals surface area contributed by atoms with Crippen molar-refractivity contribution in [3.8, 4) is 0 Å². The van der Waals surface area contributed by atoms with Crippen LogP contribution >= 0.6 is 0 Å². The van der Waals surface area contributed by atoms with Gasteiger partial charge in [-0.1, -0.05) is 22.3 Å². The molecule has 2 unspecified atom stereocenters. The lowest BCUT2D eigenvalue weighted by atomic mass is 10.1. The lowest BCUT2D eigenvalue weighted by molar-refractivity contribution is -0.163. The van der Waals surface area contributed by atoms with Crippen LogP contribution in [-0.4, -0.2) is 36.0 Å². The SMILES string of the molecule is C.C.C.COC(C)C(C)N1C(=O)CC1=O. The minimum atomic E-state index is -0.149. The Balaban J connectivity index is -0.000000480. The van der Waals surface area contributed by atoms with Gasteiger partial charge in [0, 0.05) is 7.11 Å². The van der Waals surface area contributed by atoms with Crippen molar-refractivity contribution in [2.24, 2.45) is 0 Å². The molecule has 1 saturated heterocycles. The van der Waals surface area contributed by atoms with E-state index in [0.29, 0.717) is 0 Å². The predicted octanol–water partition coefficient (Wildman–Crippen LogP) is 2.08. The highest BCUT2D eigenvalue weighted by Gasteiger charge is 2.39. The number of methoxy groups -OCH3 is 1. The summed E-state index contributed by atoms with van der Waals surface area (Å²) < 4.78 is 5.02. The molecule has 0 N–H and O–H groups in total. The molecule has 4 heteroatoms. The Hall–Kier alpha value is -0.900. The second kappa shape index (κ2) is 7.40. The van der Waals surface area contributed by atoms with Crippen LogP contribution in [0.3, 0.4) is 0 Å². The zero-order valence-electron chi connectivity index (χ0n) is 7.53. The Kier molecular flexibility index (Phi) is 9.69. The van der Waals surface area contributed by atoms with E-state index < -0.39 is 0 Å². The number of carbonyl (C=O) groups is 2. The molecule has 1 heterocycles. The minimum Gasteiger partial charge on any atom is -0.380 e. The third kappa shape index (κ3) is 3.63. The number of rotatable bonds is 3. The van der Waals surface area contributed by atoms with Gasteiger partial charge in [0.2, 0.25) is 11.8 Å². The molecule has 4 nitrogen and oxygen atoms in total. The highest BCUT2D eigenvalue weighted by atomic mass is 16.5. The number of nitrogens with zero attached hydrogens (tertiary/aromatic N) is 1. The lowest BCUT2D eigenvalue weighted by Gasteiger charge is -2.36. The summed E-state index contributed by atoms with van der Waals surface area (Å²) in [5, 5.41) is 0. The van der Waals surface area contributed by atoms with Crippen LogP contribution in [0.2, 0.25) is 0 Å². The Morgan fingerprint density at radius 1 is 1.13 bits per heavy atom. The largest absolute Gasteiger partial charge is 0.380 e.